The molecule has 0 aliphatic carbocycles. The fourth-order valence-electron chi connectivity index (χ4n) is 3.16. The van der Waals surface area contributed by atoms with Gasteiger partial charge in [-0.25, -0.2) is 0 Å². The standard InChI is InChI=1S/C11H12N2O3.C11H14N2O.CH4/c1-7(6-14)11-5-8-4-9(13(15)16)2-3-10(8)12-11;1-7(6-14)11-5-8-4-9(12)2-3-10(8)13-11;/h2-5,7,12,14H,6H2,1H3;2-5,7,13-14H,6,12H2,1H3;1H4. The van der Waals surface area contributed by atoms with E-state index in [9.17, 15) is 10.1 Å². The number of aromatic amines is 2. The van der Waals surface area contributed by atoms with Gasteiger partial charge in [0.2, 0.25) is 0 Å². The van der Waals surface area contributed by atoms with E-state index in [1.807, 2.05) is 44.2 Å². The van der Waals surface area contributed by atoms with Crippen LogP contribution in [0.15, 0.2) is 48.5 Å². The average Bonchev–Trinajstić information content (AvgIpc) is 3.36. The summed E-state index contributed by atoms with van der Waals surface area (Å²) in [5, 5.41) is 30.5. The van der Waals surface area contributed by atoms with E-state index in [1.54, 1.807) is 6.07 Å². The Morgan fingerprint density at radius 3 is 1.87 bits per heavy atom. The zero-order chi connectivity index (χ0) is 21.8. The molecule has 0 bridgehead atoms. The highest BCUT2D eigenvalue weighted by Gasteiger charge is 2.11. The van der Waals surface area contributed by atoms with E-state index in [2.05, 4.69) is 9.97 Å². The van der Waals surface area contributed by atoms with Crippen molar-refractivity contribution in [1.82, 2.24) is 9.97 Å². The number of nitro groups is 1. The van der Waals surface area contributed by atoms with Crippen LogP contribution in [0.3, 0.4) is 0 Å². The van der Waals surface area contributed by atoms with Crippen LogP contribution in [-0.4, -0.2) is 38.3 Å². The monoisotopic (exact) mass is 426 g/mol. The molecule has 8 heteroatoms. The highest BCUT2D eigenvalue weighted by atomic mass is 16.6. The summed E-state index contributed by atoms with van der Waals surface area (Å²) in [5.41, 5.74) is 10.4. The van der Waals surface area contributed by atoms with Crippen molar-refractivity contribution in [3.63, 3.8) is 0 Å². The Bertz CT molecular complexity index is 1170. The Morgan fingerprint density at radius 1 is 0.903 bits per heavy atom. The molecule has 4 rings (SSSR count). The first-order valence-corrected chi connectivity index (χ1v) is 9.69. The minimum atomic E-state index is -0.415. The van der Waals surface area contributed by atoms with E-state index in [0.717, 1.165) is 38.9 Å². The van der Waals surface area contributed by atoms with Crippen molar-refractivity contribution in [1.29, 1.82) is 0 Å². The molecule has 0 aliphatic heterocycles. The molecule has 166 valence electrons. The largest absolute Gasteiger partial charge is 0.399 e. The Morgan fingerprint density at radius 2 is 1.39 bits per heavy atom. The molecule has 2 heterocycles. The third-order valence-corrected chi connectivity index (χ3v) is 5.11. The number of aliphatic hydroxyl groups is 2. The number of hydrogen-bond acceptors (Lipinski definition) is 5. The molecule has 0 saturated heterocycles. The maximum absolute atomic E-state index is 10.6. The lowest BCUT2D eigenvalue weighted by Gasteiger charge is -2.02. The summed E-state index contributed by atoms with van der Waals surface area (Å²) < 4.78 is 0. The normalized spacial score (nSPS) is 12.6. The number of fused-ring (bicyclic) bond motifs is 2. The highest BCUT2D eigenvalue weighted by molar-refractivity contribution is 5.84. The van der Waals surface area contributed by atoms with Gasteiger partial charge in [0.15, 0.2) is 0 Å². The van der Waals surface area contributed by atoms with Gasteiger partial charge in [-0.05, 0) is 36.4 Å². The van der Waals surface area contributed by atoms with Gasteiger partial charge in [0.05, 0.1) is 18.1 Å². The van der Waals surface area contributed by atoms with Gasteiger partial charge in [0.1, 0.15) is 0 Å². The van der Waals surface area contributed by atoms with Crippen molar-refractivity contribution in [2.75, 3.05) is 18.9 Å². The SMILES string of the molecule is C.CC(CO)c1cc2cc(N)ccc2[nH]1.CC(CO)c1cc2cc([N+](=O)[O-])ccc2[nH]1. The van der Waals surface area contributed by atoms with Crippen LogP contribution in [-0.2, 0) is 0 Å². The van der Waals surface area contributed by atoms with Crippen LogP contribution in [0.2, 0.25) is 0 Å². The Balaban J connectivity index is 0.000000215. The number of nitrogen functional groups attached to an aromatic ring is 1. The fraction of sp³-hybridized carbons (Fsp3) is 0.304. The number of nitro benzene ring substituents is 1. The molecule has 8 nitrogen and oxygen atoms in total. The fourth-order valence-corrected chi connectivity index (χ4v) is 3.16. The molecule has 0 spiro atoms. The second-order valence-electron chi connectivity index (χ2n) is 7.49. The van der Waals surface area contributed by atoms with Gasteiger partial charge in [0.25, 0.3) is 5.69 Å². The number of anilines is 1. The van der Waals surface area contributed by atoms with Crippen LogP contribution in [0.25, 0.3) is 21.8 Å². The van der Waals surface area contributed by atoms with E-state index in [4.69, 9.17) is 15.9 Å². The molecule has 0 fully saturated rings. The summed E-state index contributed by atoms with van der Waals surface area (Å²) in [6.45, 7) is 4.07. The Hall–Kier alpha value is -3.36. The van der Waals surface area contributed by atoms with Gasteiger partial charge >= 0.3 is 0 Å². The van der Waals surface area contributed by atoms with Crippen LogP contribution in [0, 0.1) is 10.1 Å². The lowest BCUT2D eigenvalue weighted by molar-refractivity contribution is -0.384. The zero-order valence-electron chi connectivity index (χ0n) is 16.9. The first-order chi connectivity index (χ1) is 14.3. The quantitative estimate of drug-likeness (QED) is 0.179. The molecule has 2 aromatic heterocycles. The number of aromatic nitrogens is 2. The second-order valence-corrected chi connectivity index (χ2v) is 7.49. The van der Waals surface area contributed by atoms with Crippen LogP contribution in [0.1, 0.15) is 44.5 Å². The van der Waals surface area contributed by atoms with Gasteiger partial charge in [-0.3, -0.25) is 10.1 Å². The summed E-state index contributed by atoms with van der Waals surface area (Å²) in [6.07, 6.45) is 0. The predicted octanol–water partition coefficient (Wildman–Crippen LogP) is 4.65. The third kappa shape index (κ3) is 5.42. The summed E-state index contributed by atoms with van der Waals surface area (Å²) in [7, 11) is 0. The van der Waals surface area contributed by atoms with Gasteiger partial charge in [-0.1, -0.05) is 21.3 Å². The molecule has 6 N–H and O–H groups in total. The van der Waals surface area contributed by atoms with E-state index in [-0.39, 0.29) is 38.2 Å². The van der Waals surface area contributed by atoms with Gasteiger partial charge in [-0.15, -0.1) is 0 Å². The Kier molecular flexibility index (Phi) is 7.79. The minimum absolute atomic E-state index is 0. The zero-order valence-corrected chi connectivity index (χ0v) is 16.9. The predicted molar refractivity (Wildman–Crippen MR) is 125 cm³/mol. The minimum Gasteiger partial charge on any atom is -0.399 e. The molecule has 0 radical (unpaired) electrons. The molecular formula is C23H30N4O4. The highest BCUT2D eigenvalue weighted by Crippen LogP contribution is 2.25. The molecule has 4 aromatic rings. The molecule has 31 heavy (non-hydrogen) atoms. The van der Waals surface area contributed by atoms with Crippen LogP contribution >= 0.6 is 0 Å². The number of nitrogens with zero attached hydrogens (tertiary/aromatic N) is 1. The van der Waals surface area contributed by atoms with Crippen molar-refractivity contribution < 1.29 is 15.1 Å². The van der Waals surface area contributed by atoms with Crippen LogP contribution in [0.5, 0.6) is 0 Å². The number of rotatable bonds is 5. The molecular weight excluding hydrogens is 396 g/mol. The lowest BCUT2D eigenvalue weighted by Crippen LogP contribution is -1.98. The molecule has 0 saturated carbocycles. The average molecular weight is 427 g/mol. The molecule has 0 aliphatic rings. The molecule has 2 unspecified atom stereocenters. The number of aliphatic hydroxyl groups excluding tert-OH is 2. The molecule has 2 atom stereocenters. The van der Waals surface area contributed by atoms with Crippen molar-refractivity contribution in [2.45, 2.75) is 33.1 Å². The van der Waals surface area contributed by atoms with E-state index < -0.39 is 4.92 Å². The number of benzene rings is 2. The topological polar surface area (TPSA) is 141 Å². The van der Waals surface area contributed by atoms with Crippen molar-refractivity contribution >= 4 is 33.2 Å². The van der Waals surface area contributed by atoms with E-state index in [0.29, 0.717) is 0 Å². The molecule has 0 amide bonds. The second kappa shape index (κ2) is 10.1. The van der Waals surface area contributed by atoms with Crippen LogP contribution < -0.4 is 5.73 Å². The summed E-state index contributed by atoms with van der Waals surface area (Å²) >= 11 is 0. The van der Waals surface area contributed by atoms with Crippen LogP contribution in [0.4, 0.5) is 11.4 Å². The number of nitrogens with two attached hydrogens (primary N) is 1. The molecule has 2 aromatic carbocycles. The number of H-pyrrole nitrogens is 2. The van der Waals surface area contributed by atoms with Gasteiger partial charge < -0.3 is 25.9 Å². The number of non-ortho nitro benzene ring substituents is 1. The maximum Gasteiger partial charge on any atom is 0.270 e. The van der Waals surface area contributed by atoms with Crippen molar-refractivity contribution in [3.8, 4) is 0 Å². The van der Waals surface area contributed by atoms with Gasteiger partial charge in [-0.2, -0.15) is 0 Å². The Labute approximate surface area is 180 Å². The first-order valence-electron chi connectivity index (χ1n) is 9.69. The third-order valence-electron chi connectivity index (χ3n) is 5.11. The number of nitrogens with one attached hydrogen (secondary N) is 2. The lowest BCUT2D eigenvalue weighted by atomic mass is 10.1. The van der Waals surface area contributed by atoms with Crippen molar-refractivity contribution in [3.05, 3.63) is 70.0 Å². The maximum atomic E-state index is 10.6. The van der Waals surface area contributed by atoms with Gasteiger partial charge in [0, 0.05) is 62.8 Å². The summed E-state index contributed by atoms with van der Waals surface area (Å²) in [6, 6.07) is 14.3. The first kappa shape index (κ1) is 23.9. The van der Waals surface area contributed by atoms with E-state index >= 15 is 0 Å². The summed E-state index contributed by atoms with van der Waals surface area (Å²) in [4.78, 5) is 16.6. The summed E-state index contributed by atoms with van der Waals surface area (Å²) in [5.74, 6) is 0.148. The van der Waals surface area contributed by atoms with Crippen molar-refractivity contribution in [2.24, 2.45) is 0 Å². The van der Waals surface area contributed by atoms with E-state index in [1.165, 1.54) is 12.1 Å². The number of hydrogen-bond donors (Lipinski definition) is 5. The smallest absolute Gasteiger partial charge is 0.270 e.